The summed E-state index contributed by atoms with van der Waals surface area (Å²) in [5, 5.41) is 10.5. The van der Waals surface area contributed by atoms with E-state index in [0.29, 0.717) is 12.4 Å². The first-order chi connectivity index (χ1) is 7.74. The summed E-state index contributed by atoms with van der Waals surface area (Å²) in [7, 11) is 0. The van der Waals surface area contributed by atoms with Crippen molar-refractivity contribution in [1.29, 1.82) is 0 Å². The first kappa shape index (κ1) is 10.8. The van der Waals surface area contributed by atoms with Crippen LogP contribution in [0.4, 0.5) is 5.82 Å². The van der Waals surface area contributed by atoms with Gasteiger partial charge in [-0.15, -0.1) is 5.10 Å². The van der Waals surface area contributed by atoms with Gasteiger partial charge in [0.1, 0.15) is 5.82 Å². The van der Waals surface area contributed by atoms with E-state index < -0.39 is 0 Å². The summed E-state index contributed by atoms with van der Waals surface area (Å²) in [6.45, 7) is 2.58. The standard InChI is InChI=1S/C10H10ClN5/c1-7-2-3-8(4-12-7)5-13-9-6-14-16-10(11)15-9/h2-4,6H,5H2,1H3,(H,13,15,16). The summed E-state index contributed by atoms with van der Waals surface area (Å²) in [4.78, 5) is 8.16. The Morgan fingerprint density at radius 2 is 2.19 bits per heavy atom. The molecular formula is C10H10ClN5. The van der Waals surface area contributed by atoms with Crippen molar-refractivity contribution in [2.45, 2.75) is 13.5 Å². The second-order valence-corrected chi connectivity index (χ2v) is 3.61. The number of nitrogens with zero attached hydrogens (tertiary/aromatic N) is 4. The van der Waals surface area contributed by atoms with E-state index in [0.717, 1.165) is 11.3 Å². The summed E-state index contributed by atoms with van der Waals surface area (Å²) < 4.78 is 0. The van der Waals surface area contributed by atoms with Gasteiger partial charge in [-0.2, -0.15) is 10.1 Å². The van der Waals surface area contributed by atoms with Crippen LogP contribution in [0.3, 0.4) is 0 Å². The number of pyridine rings is 1. The van der Waals surface area contributed by atoms with E-state index in [4.69, 9.17) is 11.6 Å². The molecule has 0 aliphatic carbocycles. The van der Waals surface area contributed by atoms with Crippen molar-refractivity contribution in [2.75, 3.05) is 5.32 Å². The van der Waals surface area contributed by atoms with Crippen LogP contribution in [0.2, 0.25) is 5.28 Å². The molecule has 0 aliphatic heterocycles. The second kappa shape index (κ2) is 4.85. The normalized spacial score (nSPS) is 10.1. The fourth-order valence-electron chi connectivity index (χ4n) is 1.16. The maximum absolute atomic E-state index is 5.61. The maximum Gasteiger partial charge on any atom is 0.244 e. The van der Waals surface area contributed by atoms with Gasteiger partial charge in [-0.3, -0.25) is 4.98 Å². The van der Waals surface area contributed by atoms with Crippen molar-refractivity contribution in [2.24, 2.45) is 0 Å². The largest absolute Gasteiger partial charge is 0.365 e. The maximum atomic E-state index is 5.61. The van der Waals surface area contributed by atoms with Crippen molar-refractivity contribution >= 4 is 17.4 Å². The van der Waals surface area contributed by atoms with E-state index in [-0.39, 0.29) is 5.28 Å². The minimum absolute atomic E-state index is 0.132. The molecule has 0 saturated heterocycles. The Kier molecular flexibility index (Phi) is 3.26. The highest BCUT2D eigenvalue weighted by Crippen LogP contribution is 2.06. The van der Waals surface area contributed by atoms with Gasteiger partial charge in [0.05, 0.1) is 6.20 Å². The van der Waals surface area contributed by atoms with Gasteiger partial charge in [-0.1, -0.05) is 6.07 Å². The van der Waals surface area contributed by atoms with E-state index >= 15 is 0 Å². The Balaban J connectivity index is 1.99. The third-order valence-electron chi connectivity index (χ3n) is 1.98. The Bertz CT molecular complexity index is 471. The second-order valence-electron chi connectivity index (χ2n) is 3.27. The Hall–Kier alpha value is -1.75. The average molecular weight is 236 g/mol. The van der Waals surface area contributed by atoms with Crippen molar-refractivity contribution in [3.05, 3.63) is 41.1 Å². The van der Waals surface area contributed by atoms with Gasteiger partial charge in [0.2, 0.25) is 5.28 Å². The zero-order chi connectivity index (χ0) is 11.4. The van der Waals surface area contributed by atoms with Crippen LogP contribution >= 0.6 is 11.6 Å². The number of anilines is 1. The lowest BCUT2D eigenvalue weighted by atomic mass is 10.2. The van der Waals surface area contributed by atoms with Crippen LogP contribution in [0.25, 0.3) is 0 Å². The molecule has 6 heteroatoms. The van der Waals surface area contributed by atoms with E-state index in [1.807, 2.05) is 25.3 Å². The fraction of sp³-hybridized carbons (Fsp3) is 0.200. The molecule has 0 atom stereocenters. The summed E-state index contributed by atoms with van der Waals surface area (Å²) in [6, 6.07) is 3.97. The van der Waals surface area contributed by atoms with E-state index in [1.165, 1.54) is 6.20 Å². The van der Waals surface area contributed by atoms with Crippen LogP contribution in [-0.4, -0.2) is 20.2 Å². The lowest BCUT2D eigenvalue weighted by molar-refractivity contribution is 0.955. The van der Waals surface area contributed by atoms with Crippen LogP contribution in [0, 0.1) is 6.92 Å². The molecule has 0 aromatic carbocycles. The molecule has 2 rings (SSSR count). The molecular weight excluding hydrogens is 226 g/mol. The minimum atomic E-state index is 0.132. The predicted molar refractivity (Wildman–Crippen MR) is 61.1 cm³/mol. The topological polar surface area (TPSA) is 63.6 Å². The number of hydrogen-bond donors (Lipinski definition) is 1. The molecule has 0 spiro atoms. The van der Waals surface area contributed by atoms with E-state index in [2.05, 4.69) is 25.5 Å². The molecule has 2 aromatic heterocycles. The molecule has 0 amide bonds. The summed E-state index contributed by atoms with van der Waals surface area (Å²) in [5.41, 5.74) is 2.07. The molecule has 0 aliphatic rings. The molecule has 2 heterocycles. The van der Waals surface area contributed by atoms with E-state index in [1.54, 1.807) is 0 Å². The minimum Gasteiger partial charge on any atom is -0.365 e. The number of aryl methyl sites for hydroxylation is 1. The summed E-state index contributed by atoms with van der Waals surface area (Å²) in [5.74, 6) is 0.598. The summed E-state index contributed by atoms with van der Waals surface area (Å²) >= 11 is 5.61. The molecule has 82 valence electrons. The SMILES string of the molecule is Cc1ccc(CNc2cnnc(Cl)n2)cn1. The van der Waals surface area contributed by atoms with Crippen LogP contribution < -0.4 is 5.32 Å². The summed E-state index contributed by atoms with van der Waals surface area (Å²) in [6.07, 6.45) is 3.34. The van der Waals surface area contributed by atoms with Crippen LogP contribution in [-0.2, 0) is 6.54 Å². The molecule has 0 bridgehead atoms. The van der Waals surface area contributed by atoms with Crippen molar-refractivity contribution in [1.82, 2.24) is 20.2 Å². The van der Waals surface area contributed by atoms with Gasteiger partial charge >= 0.3 is 0 Å². The molecule has 16 heavy (non-hydrogen) atoms. The van der Waals surface area contributed by atoms with Crippen molar-refractivity contribution < 1.29 is 0 Å². The highest BCUT2D eigenvalue weighted by Gasteiger charge is 1.98. The van der Waals surface area contributed by atoms with Gasteiger partial charge in [-0.25, -0.2) is 0 Å². The molecule has 0 fully saturated rings. The number of nitrogens with one attached hydrogen (secondary N) is 1. The average Bonchev–Trinajstić information content (AvgIpc) is 2.28. The monoisotopic (exact) mass is 235 g/mol. The number of rotatable bonds is 3. The van der Waals surface area contributed by atoms with Crippen molar-refractivity contribution in [3.8, 4) is 0 Å². The Morgan fingerprint density at radius 1 is 1.31 bits per heavy atom. The third kappa shape index (κ3) is 2.87. The van der Waals surface area contributed by atoms with E-state index in [9.17, 15) is 0 Å². The number of halogens is 1. The van der Waals surface area contributed by atoms with Crippen LogP contribution in [0.5, 0.6) is 0 Å². The van der Waals surface area contributed by atoms with Gasteiger partial charge in [0.15, 0.2) is 0 Å². The predicted octanol–water partition coefficient (Wildman–Crippen LogP) is 1.84. The first-order valence-electron chi connectivity index (χ1n) is 4.74. The number of aromatic nitrogens is 4. The zero-order valence-corrected chi connectivity index (χ0v) is 9.44. The fourth-order valence-corrected chi connectivity index (χ4v) is 1.30. The molecule has 0 saturated carbocycles. The Morgan fingerprint density at radius 3 is 2.88 bits per heavy atom. The zero-order valence-electron chi connectivity index (χ0n) is 8.68. The highest BCUT2D eigenvalue weighted by atomic mass is 35.5. The molecule has 1 N–H and O–H groups in total. The van der Waals surface area contributed by atoms with Crippen LogP contribution in [0.15, 0.2) is 24.5 Å². The Labute approximate surface area is 97.9 Å². The quantitative estimate of drug-likeness (QED) is 0.880. The number of hydrogen-bond acceptors (Lipinski definition) is 5. The van der Waals surface area contributed by atoms with Gasteiger partial charge in [0.25, 0.3) is 0 Å². The molecule has 0 unspecified atom stereocenters. The lowest BCUT2D eigenvalue weighted by Crippen LogP contribution is -2.03. The smallest absolute Gasteiger partial charge is 0.244 e. The van der Waals surface area contributed by atoms with Gasteiger partial charge < -0.3 is 5.32 Å². The van der Waals surface area contributed by atoms with Crippen molar-refractivity contribution in [3.63, 3.8) is 0 Å². The van der Waals surface area contributed by atoms with Gasteiger partial charge in [-0.05, 0) is 30.2 Å². The first-order valence-corrected chi connectivity index (χ1v) is 5.12. The molecule has 5 nitrogen and oxygen atoms in total. The van der Waals surface area contributed by atoms with Gasteiger partial charge in [0, 0.05) is 18.4 Å². The lowest BCUT2D eigenvalue weighted by Gasteiger charge is -2.04. The highest BCUT2D eigenvalue weighted by molar-refractivity contribution is 6.28. The third-order valence-corrected chi connectivity index (χ3v) is 2.14. The molecule has 2 aromatic rings. The molecule has 0 radical (unpaired) electrons. The van der Waals surface area contributed by atoms with Crippen LogP contribution in [0.1, 0.15) is 11.3 Å².